The molecule has 2 N–H and O–H groups in total. The number of hydrogen-bond donors (Lipinski definition) is 2. The molecule has 1 unspecified atom stereocenters. The molecule has 7 heteroatoms. The van der Waals surface area contributed by atoms with Gasteiger partial charge in [0.05, 0.1) is 4.88 Å². The molecular formula is C16H16F2N2O2S. The van der Waals surface area contributed by atoms with Crippen molar-refractivity contribution in [3.8, 4) is 0 Å². The molecule has 1 aromatic carbocycles. The number of carbonyl (C=O) groups excluding carboxylic acids is 2. The third kappa shape index (κ3) is 4.59. The summed E-state index contributed by atoms with van der Waals surface area (Å²) in [4.78, 5) is 24.9. The number of hydrogen-bond acceptors (Lipinski definition) is 3. The summed E-state index contributed by atoms with van der Waals surface area (Å²) in [6.07, 6.45) is 0. The standard InChI is InChI=1S/C16H16F2N2O2S/c1-9(2)14(20-15(21)13-4-3-5-23-13)16(22)19-12-7-10(17)6-11(18)8-12/h3-9,14H,1-2H3,(H,19,22)(H,20,21). The van der Waals surface area contributed by atoms with Crippen LogP contribution in [0.5, 0.6) is 0 Å². The van der Waals surface area contributed by atoms with Crippen molar-refractivity contribution in [1.29, 1.82) is 0 Å². The zero-order chi connectivity index (χ0) is 17.0. The summed E-state index contributed by atoms with van der Waals surface area (Å²) in [5.74, 6) is -2.67. The first kappa shape index (κ1) is 17.1. The Balaban J connectivity index is 2.10. The molecule has 0 saturated carbocycles. The van der Waals surface area contributed by atoms with E-state index in [4.69, 9.17) is 0 Å². The van der Waals surface area contributed by atoms with Crippen molar-refractivity contribution >= 4 is 28.8 Å². The van der Waals surface area contributed by atoms with Gasteiger partial charge in [-0.3, -0.25) is 9.59 Å². The van der Waals surface area contributed by atoms with Crippen LogP contribution >= 0.6 is 11.3 Å². The molecule has 122 valence electrons. The third-order valence-corrected chi connectivity index (χ3v) is 3.98. The molecule has 4 nitrogen and oxygen atoms in total. The van der Waals surface area contributed by atoms with Crippen molar-refractivity contribution in [2.24, 2.45) is 5.92 Å². The summed E-state index contributed by atoms with van der Waals surface area (Å²) in [6.45, 7) is 3.54. The zero-order valence-electron chi connectivity index (χ0n) is 12.6. The summed E-state index contributed by atoms with van der Waals surface area (Å²) in [5.41, 5.74) is 0.00326. The first-order valence-corrected chi connectivity index (χ1v) is 7.86. The van der Waals surface area contributed by atoms with Gasteiger partial charge in [0.1, 0.15) is 17.7 Å². The maximum atomic E-state index is 13.2. The fourth-order valence-corrected chi connectivity index (χ4v) is 2.63. The van der Waals surface area contributed by atoms with Gasteiger partial charge in [0, 0.05) is 11.8 Å². The van der Waals surface area contributed by atoms with E-state index in [1.54, 1.807) is 31.4 Å². The summed E-state index contributed by atoms with van der Waals surface area (Å²) in [6, 6.07) is 5.31. The van der Waals surface area contributed by atoms with Gasteiger partial charge < -0.3 is 10.6 Å². The van der Waals surface area contributed by atoms with Gasteiger partial charge >= 0.3 is 0 Å². The van der Waals surface area contributed by atoms with Crippen LogP contribution in [0, 0.1) is 17.6 Å². The lowest BCUT2D eigenvalue weighted by Crippen LogP contribution is -2.46. The van der Waals surface area contributed by atoms with Crippen LogP contribution in [0.2, 0.25) is 0 Å². The molecule has 1 heterocycles. The second kappa shape index (κ2) is 7.32. The Kier molecular flexibility index (Phi) is 5.44. The van der Waals surface area contributed by atoms with E-state index in [1.807, 2.05) is 0 Å². The molecule has 1 atom stereocenters. The zero-order valence-corrected chi connectivity index (χ0v) is 13.4. The predicted octanol–water partition coefficient (Wildman–Crippen LogP) is 3.42. The number of nitrogens with one attached hydrogen (secondary N) is 2. The van der Waals surface area contributed by atoms with Crippen molar-refractivity contribution in [2.75, 3.05) is 5.32 Å². The Morgan fingerprint density at radius 3 is 2.30 bits per heavy atom. The highest BCUT2D eigenvalue weighted by Crippen LogP contribution is 2.15. The maximum absolute atomic E-state index is 13.2. The quantitative estimate of drug-likeness (QED) is 0.878. The molecule has 0 bridgehead atoms. The average Bonchev–Trinajstić information content (AvgIpc) is 2.96. The minimum absolute atomic E-state index is 0.00326. The van der Waals surface area contributed by atoms with Crippen LogP contribution in [0.4, 0.5) is 14.5 Å². The van der Waals surface area contributed by atoms with Crippen LogP contribution in [0.1, 0.15) is 23.5 Å². The van der Waals surface area contributed by atoms with E-state index in [1.165, 1.54) is 11.3 Å². The fourth-order valence-electron chi connectivity index (χ4n) is 2.00. The van der Waals surface area contributed by atoms with Crippen LogP contribution in [0.3, 0.4) is 0 Å². The van der Waals surface area contributed by atoms with Gasteiger partial charge in [-0.1, -0.05) is 19.9 Å². The third-order valence-electron chi connectivity index (χ3n) is 3.11. The van der Waals surface area contributed by atoms with Gasteiger partial charge in [0.15, 0.2) is 0 Å². The maximum Gasteiger partial charge on any atom is 0.262 e. The molecule has 0 aliphatic rings. The topological polar surface area (TPSA) is 58.2 Å². The molecule has 0 aliphatic carbocycles. The van der Waals surface area contributed by atoms with Crippen molar-refractivity contribution in [3.63, 3.8) is 0 Å². The molecule has 0 radical (unpaired) electrons. The molecule has 0 spiro atoms. The van der Waals surface area contributed by atoms with Crippen LogP contribution in [0.15, 0.2) is 35.7 Å². The van der Waals surface area contributed by atoms with Gasteiger partial charge in [0.2, 0.25) is 5.91 Å². The molecule has 0 aliphatic heterocycles. The van der Waals surface area contributed by atoms with E-state index in [0.717, 1.165) is 12.1 Å². The average molecular weight is 338 g/mol. The first-order chi connectivity index (χ1) is 10.9. The number of benzene rings is 1. The van der Waals surface area contributed by atoms with Crippen LogP contribution < -0.4 is 10.6 Å². The second-order valence-corrected chi connectivity index (χ2v) is 6.27. The molecular weight excluding hydrogens is 322 g/mol. The van der Waals surface area contributed by atoms with Gasteiger partial charge in [-0.25, -0.2) is 8.78 Å². The first-order valence-electron chi connectivity index (χ1n) is 6.98. The number of rotatable bonds is 5. The van der Waals surface area contributed by atoms with Gasteiger partial charge in [-0.15, -0.1) is 11.3 Å². The largest absolute Gasteiger partial charge is 0.339 e. The lowest BCUT2D eigenvalue weighted by atomic mass is 10.0. The van der Waals surface area contributed by atoms with Crippen molar-refractivity contribution in [1.82, 2.24) is 5.32 Å². The van der Waals surface area contributed by atoms with Crippen LogP contribution in [-0.2, 0) is 4.79 Å². The van der Waals surface area contributed by atoms with Crippen molar-refractivity contribution < 1.29 is 18.4 Å². The van der Waals surface area contributed by atoms with E-state index in [2.05, 4.69) is 10.6 Å². The number of anilines is 1. The van der Waals surface area contributed by atoms with Crippen molar-refractivity contribution in [2.45, 2.75) is 19.9 Å². The smallest absolute Gasteiger partial charge is 0.262 e. The normalized spacial score (nSPS) is 12.0. The minimum Gasteiger partial charge on any atom is -0.339 e. The molecule has 2 amide bonds. The molecule has 1 aromatic heterocycles. The highest BCUT2D eigenvalue weighted by molar-refractivity contribution is 7.12. The van der Waals surface area contributed by atoms with E-state index in [0.29, 0.717) is 10.9 Å². The summed E-state index contributed by atoms with van der Waals surface area (Å²) in [7, 11) is 0. The predicted molar refractivity (Wildman–Crippen MR) is 85.4 cm³/mol. The molecule has 2 rings (SSSR count). The second-order valence-electron chi connectivity index (χ2n) is 5.32. The summed E-state index contributed by atoms with van der Waals surface area (Å²) < 4.78 is 26.3. The monoisotopic (exact) mass is 338 g/mol. The van der Waals surface area contributed by atoms with E-state index in [-0.39, 0.29) is 17.5 Å². The number of carbonyl (C=O) groups is 2. The Hall–Kier alpha value is -2.28. The lowest BCUT2D eigenvalue weighted by molar-refractivity contribution is -0.118. The van der Waals surface area contributed by atoms with Crippen molar-refractivity contribution in [3.05, 3.63) is 52.2 Å². The summed E-state index contributed by atoms with van der Waals surface area (Å²) >= 11 is 1.26. The Morgan fingerprint density at radius 1 is 1.13 bits per heavy atom. The molecule has 0 saturated heterocycles. The summed E-state index contributed by atoms with van der Waals surface area (Å²) in [5, 5.41) is 6.82. The lowest BCUT2D eigenvalue weighted by Gasteiger charge is -2.21. The van der Waals surface area contributed by atoms with E-state index in [9.17, 15) is 18.4 Å². The van der Waals surface area contributed by atoms with Gasteiger partial charge in [-0.05, 0) is 29.5 Å². The van der Waals surface area contributed by atoms with Crippen LogP contribution in [0.25, 0.3) is 0 Å². The highest BCUT2D eigenvalue weighted by Gasteiger charge is 2.25. The fraction of sp³-hybridized carbons (Fsp3) is 0.250. The Bertz CT molecular complexity index is 682. The molecule has 0 fully saturated rings. The van der Waals surface area contributed by atoms with E-state index >= 15 is 0 Å². The Morgan fingerprint density at radius 2 is 1.78 bits per heavy atom. The number of halogens is 2. The number of thiophene rings is 1. The highest BCUT2D eigenvalue weighted by atomic mass is 32.1. The van der Waals surface area contributed by atoms with E-state index < -0.39 is 23.6 Å². The number of amides is 2. The SMILES string of the molecule is CC(C)C(NC(=O)c1cccs1)C(=O)Nc1cc(F)cc(F)c1. The Labute approximate surface area is 136 Å². The van der Waals surface area contributed by atoms with Gasteiger partial charge in [-0.2, -0.15) is 0 Å². The van der Waals surface area contributed by atoms with Crippen LogP contribution in [-0.4, -0.2) is 17.9 Å². The molecule has 2 aromatic rings. The van der Waals surface area contributed by atoms with Gasteiger partial charge in [0.25, 0.3) is 5.91 Å². The minimum atomic E-state index is -0.823. The molecule has 23 heavy (non-hydrogen) atoms.